The first kappa shape index (κ1) is 13.8. The maximum atomic E-state index is 11.8. The summed E-state index contributed by atoms with van der Waals surface area (Å²) < 4.78 is 0. The van der Waals surface area contributed by atoms with Crippen LogP contribution in [-0.4, -0.2) is 13.0 Å². The average Bonchev–Trinajstić information content (AvgIpc) is 3.24. The van der Waals surface area contributed by atoms with E-state index in [1.165, 1.54) is 36.8 Å². The standard InChI is InChI=1S/C18H22BrNO/c1-20-15-8-6-12(10-11(15)7-9-16(20)21)18(19)17-13-4-2-3-5-14(13)17/h6,8,10,13-14,17-18H,2-5,7,9H2,1H3. The zero-order valence-electron chi connectivity index (χ0n) is 12.5. The molecule has 1 amide bonds. The molecule has 1 aliphatic heterocycles. The monoisotopic (exact) mass is 347 g/mol. The third kappa shape index (κ3) is 2.25. The molecule has 0 aromatic heterocycles. The van der Waals surface area contributed by atoms with Gasteiger partial charge in [0, 0.05) is 24.0 Å². The summed E-state index contributed by atoms with van der Waals surface area (Å²) in [6.07, 6.45) is 7.25. The summed E-state index contributed by atoms with van der Waals surface area (Å²) in [7, 11) is 1.89. The second kappa shape index (κ2) is 5.12. The van der Waals surface area contributed by atoms with Crippen molar-refractivity contribution in [2.45, 2.75) is 43.4 Å². The number of rotatable bonds is 2. The van der Waals surface area contributed by atoms with Crippen LogP contribution in [0.4, 0.5) is 5.69 Å². The average molecular weight is 348 g/mol. The summed E-state index contributed by atoms with van der Waals surface area (Å²) in [5, 5.41) is 0. The maximum absolute atomic E-state index is 11.8. The minimum absolute atomic E-state index is 0.235. The molecule has 0 saturated heterocycles. The number of hydrogen-bond acceptors (Lipinski definition) is 1. The molecular formula is C18H22BrNO. The van der Waals surface area contributed by atoms with Crippen LogP contribution in [0.3, 0.4) is 0 Å². The van der Waals surface area contributed by atoms with Gasteiger partial charge in [0.1, 0.15) is 0 Å². The van der Waals surface area contributed by atoms with E-state index in [0.717, 1.165) is 29.9 Å². The van der Waals surface area contributed by atoms with Crippen molar-refractivity contribution in [3.8, 4) is 0 Å². The van der Waals surface area contributed by atoms with Crippen molar-refractivity contribution in [3.63, 3.8) is 0 Å². The molecule has 0 radical (unpaired) electrons. The number of anilines is 1. The smallest absolute Gasteiger partial charge is 0.227 e. The second-order valence-corrected chi connectivity index (χ2v) is 7.92. The molecular weight excluding hydrogens is 326 g/mol. The van der Waals surface area contributed by atoms with Crippen molar-refractivity contribution in [1.82, 2.24) is 0 Å². The summed E-state index contributed by atoms with van der Waals surface area (Å²) in [6, 6.07) is 6.70. The molecule has 4 rings (SSSR count). The molecule has 1 heterocycles. The Balaban J connectivity index is 1.58. The van der Waals surface area contributed by atoms with Gasteiger partial charge in [-0.1, -0.05) is 40.9 Å². The van der Waals surface area contributed by atoms with E-state index >= 15 is 0 Å². The van der Waals surface area contributed by atoms with E-state index in [9.17, 15) is 4.79 Å². The lowest BCUT2D eigenvalue weighted by Crippen LogP contribution is -2.31. The van der Waals surface area contributed by atoms with Gasteiger partial charge in [-0.05, 0) is 54.2 Å². The zero-order valence-corrected chi connectivity index (χ0v) is 14.1. The minimum atomic E-state index is 0.235. The van der Waals surface area contributed by atoms with Crippen LogP contribution in [0.25, 0.3) is 0 Å². The van der Waals surface area contributed by atoms with Crippen LogP contribution in [0.5, 0.6) is 0 Å². The van der Waals surface area contributed by atoms with Crippen LogP contribution in [0.15, 0.2) is 18.2 Å². The molecule has 2 fully saturated rings. The van der Waals surface area contributed by atoms with Crippen LogP contribution in [0, 0.1) is 17.8 Å². The first-order valence-corrected chi connectivity index (χ1v) is 9.12. The lowest BCUT2D eigenvalue weighted by molar-refractivity contribution is -0.118. The van der Waals surface area contributed by atoms with Crippen molar-refractivity contribution >= 4 is 27.5 Å². The third-order valence-corrected chi connectivity index (χ3v) is 6.97. The number of amides is 1. The molecule has 3 unspecified atom stereocenters. The summed E-state index contributed by atoms with van der Waals surface area (Å²) in [5.41, 5.74) is 3.85. The van der Waals surface area contributed by atoms with Gasteiger partial charge in [0.2, 0.25) is 5.91 Å². The van der Waals surface area contributed by atoms with Crippen LogP contribution >= 0.6 is 15.9 Å². The minimum Gasteiger partial charge on any atom is -0.315 e. The van der Waals surface area contributed by atoms with Crippen molar-refractivity contribution in [3.05, 3.63) is 29.3 Å². The largest absolute Gasteiger partial charge is 0.315 e. The fourth-order valence-corrected chi connectivity index (χ4v) is 5.62. The Morgan fingerprint density at radius 3 is 2.62 bits per heavy atom. The second-order valence-electron chi connectivity index (χ2n) is 6.93. The van der Waals surface area contributed by atoms with Crippen LogP contribution < -0.4 is 4.90 Å². The number of carbonyl (C=O) groups excluding carboxylic acids is 1. The lowest BCUT2D eigenvalue weighted by atomic mass is 9.96. The van der Waals surface area contributed by atoms with Crippen LogP contribution in [0.1, 0.15) is 48.1 Å². The van der Waals surface area contributed by atoms with Crippen molar-refractivity contribution in [1.29, 1.82) is 0 Å². The van der Waals surface area contributed by atoms with Gasteiger partial charge >= 0.3 is 0 Å². The molecule has 1 aromatic rings. The maximum Gasteiger partial charge on any atom is 0.227 e. The van der Waals surface area contributed by atoms with Crippen LogP contribution in [-0.2, 0) is 11.2 Å². The van der Waals surface area contributed by atoms with Gasteiger partial charge in [0.05, 0.1) is 0 Å². The van der Waals surface area contributed by atoms with Gasteiger partial charge in [-0.2, -0.15) is 0 Å². The Morgan fingerprint density at radius 2 is 1.90 bits per heavy atom. The van der Waals surface area contributed by atoms with E-state index in [4.69, 9.17) is 0 Å². The van der Waals surface area contributed by atoms with Crippen LogP contribution in [0.2, 0.25) is 0 Å². The fraction of sp³-hybridized carbons (Fsp3) is 0.611. The van der Waals surface area contributed by atoms with Gasteiger partial charge in [0.15, 0.2) is 0 Å². The summed E-state index contributed by atoms with van der Waals surface area (Å²) >= 11 is 3.98. The molecule has 3 aliphatic rings. The third-order valence-electron chi connectivity index (χ3n) is 5.83. The molecule has 0 bridgehead atoms. The number of benzene rings is 1. The van der Waals surface area contributed by atoms with Gasteiger partial charge in [-0.25, -0.2) is 0 Å². The van der Waals surface area contributed by atoms with Gasteiger partial charge < -0.3 is 4.90 Å². The molecule has 3 heteroatoms. The molecule has 0 spiro atoms. The predicted octanol–water partition coefficient (Wildman–Crippen LogP) is 4.47. The predicted molar refractivity (Wildman–Crippen MR) is 88.8 cm³/mol. The number of carbonyl (C=O) groups is 1. The molecule has 2 nitrogen and oxygen atoms in total. The number of aryl methyl sites for hydroxylation is 1. The highest BCUT2D eigenvalue weighted by molar-refractivity contribution is 9.09. The van der Waals surface area contributed by atoms with Gasteiger partial charge in [-0.3, -0.25) is 4.79 Å². The first-order chi connectivity index (χ1) is 10.2. The molecule has 112 valence electrons. The van der Waals surface area contributed by atoms with E-state index in [0.29, 0.717) is 11.2 Å². The number of alkyl halides is 1. The molecule has 2 aliphatic carbocycles. The topological polar surface area (TPSA) is 20.3 Å². The van der Waals surface area contributed by atoms with E-state index in [-0.39, 0.29) is 5.91 Å². The summed E-state index contributed by atoms with van der Waals surface area (Å²) in [5.74, 6) is 3.00. The fourth-order valence-electron chi connectivity index (χ4n) is 4.55. The molecule has 0 N–H and O–H groups in total. The molecule has 1 aromatic carbocycles. The Labute approximate surface area is 135 Å². The SMILES string of the molecule is CN1C(=O)CCc2cc(C(Br)C3C4CCCCC43)ccc21. The number of fused-ring (bicyclic) bond motifs is 2. The highest BCUT2D eigenvalue weighted by Gasteiger charge is 2.53. The van der Waals surface area contributed by atoms with Crippen molar-refractivity contribution in [2.24, 2.45) is 17.8 Å². The number of hydrogen-bond donors (Lipinski definition) is 0. The Hall–Kier alpha value is -0.830. The summed E-state index contributed by atoms with van der Waals surface area (Å²) in [4.78, 5) is 14.1. The molecule has 3 atom stereocenters. The molecule has 2 saturated carbocycles. The summed E-state index contributed by atoms with van der Waals surface area (Å²) in [6.45, 7) is 0. The molecule has 21 heavy (non-hydrogen) atoms. The van der Waals surface area contributed by atoms with E-state index in [2.05, 4.69) is 34.1 Å². The van der Waals surface area contributed by atoms with E-state index in [1.54, 1.807) is 0 Å². The highest BCUT2D eigenvalue weighted by Crippen LogP contribution is 2.62. The quantitative estimate of drug-likeness (QED) is 0.722. The Kier molecular flexibility index (Phi) is 3.36. The first-order valence-electron chi connectivity index (χ1n) is 8.20. The number of halogens is 1. The van der Waals surface area contributed by atoms with E-state index in [1.807, 2.05) is 11.9 Å². The van der Waals surface area contributed by atoms with E-state index < -0.39 is 0 Å². The van der Waals surface area contributed by atoms with Crippen molar-refractivity contribution in [2.75, 3.05) is 11.9 Å². The Bertz CT molecular complexity index is 573. The number of nitrogens with zero attached hydrogens (tertiary/aromatic N) is 1. The normalized spacial score (nSPS) is 32.4. The Morgan fingerprint density at radius 1 is 1.19 bits per heavy atom. The highest BCUT2D eigenvalue weighted by atomic mass is 79.9. The zero-order chi connectivity index (χ0) is 14.6. The lowest BCUT2D eigenvalue weighted by Gasteiger charge is -2.26. The van der Waals surface area contributed by atoms with Crippen molar-refractivity contribution < 1.29 is 4.79 Å². The van der Waals surface area contributed by atoms with Gasteiger partial charge in [-0.15, -0.1) is 0 Å². The van der Waals surface area contributed by atoms with Gasteiger partial charge in [0.25, 0.3) is 0 Å².